The van der Waals surface area contributed by atoms with E-state index in [4.69, 9.17) is 0 Å². The molecule has 160 valence electrons. The maximum absolute atomic E-state index is 13.7. The van der Waals surface area contributed by atoms with Crippen molar-refractivity contribution in [2.75, 3.05) is 31.3 Å². The highest BCUT2D eigenvalue weighted by atomic mass is 32.2. The normalized spacial score (nSPS) is 13.8. The molecule has 0 saturated heterocycles. The molecule has 0 saturated carbocycles. The van der Waals surface area contributed by atoms with Gasteiger partial charge in [0.25, 0.3) is 0 Å². The lowest BCUT2D eigenvalue weighted by Gasteiger charge is -2.19. The molecule has 2 aromatic carbocycles. The molecule has 0 bridgehead atoms. The van der Waals surface area contributed by atoms with Crippen molar-refractivity contribution in [1.29, 1.82) is 0 Å². The summed E-state index contributed by atoms with van der Waals surface area (Å²) in [5.41, 5.74) is 3.12. The van der Waals surface area contributed by atoms with Gasteiger partial charge in [-0.15, -0.1) is 0 Å². The molecular formula is C21H25FN4O3S. The first-order valence-electron chi connectivity index (χ1n) is 9.54. The summed E-state index contributed by atoms with van der Waals surface area (Å²) >= 11 is 0. The molecule has 7 nitrogen and oxygen atoms in total. The fraction of sp³-hybridized carbons (Fsp3) is 0.333. The van der Waals surface area contributed by atoms with Crippen molar-refractivity contribution in [2.45, 2.75) is 18.7 Å². The maximum atomic E-state index is 13.7. The second-order valence-corrected chi connectivity index (χ2v) is 9.33. The average molecular weight is 433 g/mol. The number of guanidine groups is 1. The number of fused-ring (bicyclic) bond motifs is 1. The minimum atomic E-state index is -3.26. The van der Waals surface area contributed by atoms with Gasteiger partial charge in [-0.1, -0.05) is 24.3 Å². The minimum absolute atomic E-state index is 0.0490. The Bertz CT molecular complexity index is 1070. The first-order chi connectivity index (χ1) is 14.3. The number of para-hydroxylation sites is 1. The molecule has 0 atom stereocenters. The van der Waals surface area contributed by atoms with E-state index in [1.165, 1.54) is 18.2 Å². The van der Waals surface area contributed by atoms with Crippen LogP contribution < -0.4 is 15.5 Å². The summed E-state index contributed by atoms with van der Waals surface area (Å²) < 4.78 is 36.9. The number of rotatable bonds is 6. The first-order valence-corrected chi connectivity index (χ1v) is 11.6. The molecule has 0 aromatic heterocycles. The molecule has 0 fully saturated rings. The van der Waals surface area contributed by atoms with Crippen LogP contribution in [-0.4, -0.2) is 46.7 Å². The number of nitrogens with one attached hydrogen (secondary N) is 2. The van der Waals surface area contributed by atoms with E-state index in [1.54, 1.807) is 11.9 Å². The van der Waals surface area contributed by atoms with E-state index < -0.39 is 15.7 Å². The molecule has 2 N–H and O–H groups in total. The Morgan fingerprint density at radius 3 is 2.67 bits per heavy atom. The quantitative estimate of drug-likeness (QED) is 0.535. The molecule has 0 unspecified atom stereocenters. The predicted octanol–water partition coefficient (Wildman–Crippen LogP) is 1.62. The van der Waals surface area contributed by atoms with Crippen molar-refractivity contribution in [3.8, 4) is 0 Å². The van der Waals surface area contributed by atoms with E-state index >= 15 is 0 Å². The number of sulfone groups is 1. The standard InChI is InChI=1S/C21H25FN4O3S/c1-23-21(24-12-17-11-18(22)8-7-16(17)14-30(2,28)29)25-13-20(27)26-10-9-15-5-3-4-6-19(15)26/h3-8,11H,9-10,12-14H2,1-2H3,(H2,23,24,25). The Balaban J connectivity index is 1.60. The van der Waals surface area contributed by atoms with E-state index in [1.807, 2.05) is 24.3 Å². The summed E-state index contributed by atoms with van der Waals surface area (Å²) in [5.74, 6) is -0.338. The Hall–Kier alpha value is -2.94. The third kappa shape index (κ3) is 5.56. The monoisotopic (exact) mass is 432 g/mol. The molecule has 30 heavy (non-hydrogen) atoms. The Morgan fingerprint density at radius 1 is 1.17 bits per heavy atom. The van der Waals surface area contributed by atoms with Crippen molar-refractivity contribution in [1.82, 2.24) is 10.6 Å². The third-order valence-corrected chi connectivity index (χ3v) is 5.69. The summed E-state index contributed by atoms with van der Waals surface area (Å²) in [6, 6.07) is 11.8. The van der Waals surface area contributed by atoms with Gasteiger partial charge in [-0.05, 0) is 41.3 Å². The largest absolute Gasteiger partial charge is 0.352 e. The van der Waals surface area contributed by atoms with Crippen LogP contribution in [0.2, 0.25) is 0 Å². The number of amides is 1. The fourth-order valence-corrected chi connectivity index (χ4v) is 4.28. The van der Waals surface area contributed by atoms with Crippen LogP contribution in [0.4, 0.5) is 10.1 Å². The van der Waals surface area contributed by atoms with Crippen LogP contribution >= 0.6 is 0 Å². The van der Waals surface area contributed by atoms with Gasteiger partial charge < -0.3 is 15.5 Å². The molecule has 1 aliphatic rings. The lowest BCUT2D eigenvalue weighted by atomic mass is 10.1. The lowest BCUT2D eigenvalue weighted by Crippen LogP contribution is -2.44. The van der Waals surface area contributed by atoms with Gasteiger partial charge in [-0.25, -0.2) is 12.8 Å². The van der Waals surface area contributed by atoms with E-state index in [0.29, 0.717) is 23.6 Å². The van der Waals surface area contributed by atoms with E-state index in [0.717, 1.165) is 23.9 Å². The van der Waals surface area contributed by atoms with Gasteiger partial charge in [0.1, 0.15) is 5.82 Å². The number of benzene rings is 2. The minimum Gasteiger partial charge on any atom is -0.352 e. The number of halogens is 1. The SMILES string of the molecule is CN=C(NCC(=O)N1CCc2ccccc21)NCc1cc(F)ccc1CS(C)(=O)=O. The summed E-state index contributed by atoms with van der Waals surface area (Å²) in [4.78, 5) is 18.4. The van der Waals surface area contributed by atoms with Crippen molar-refractivity contribution >= 4 is 27.4 Å². The third-order valence-electron chi connectivity index (χ3n) is 4.85. The number of carbonyl (C=O) groups is 1. The molecule has 0 spiro atoms. The van der Waals surface area contributed by atoms with Gasteiger partial charge in [-0.3, -0.25) is 9.79 Å². The van der Waals surface area contributed by atoms with Crippen LogP contribution in [0, 0.1) is 5.82 Å². The molecule has 2 aromatic rings. The molecule has 9 heteroatoms. The second kappa shape index (κ2) is 9.25. The molecule has 3 rings (SSSR count). The molecule has 0 radical (unpaired) electrons. The number of carbonyl (C=O) groups excluding carboxylic acids is 1. The van der Waals surface area contributed by atoms with Gasteiger partial charge in [0.05, 0.1) is 12.3 Å². The van der Waals surface area contributed by atoms with Crippen LogP contribution in [0.3, 0.4) is 0 Å². The summed E-state index contributed by atoms with van der Waals surface area (Å²) in [6.45, 7) is 0.862. The zero-order valence-electron chi connectivity index (χ0n) is 17.0. The van der Waals surface area contributed by atoms with Gasteiger partial charge in [0, 0.05) is 32.1 Å². The number of hydrogen-bond donors (Lipinski definition) is 2. The van der Waals surface area contributed by atoms with Crippen LogP contribution in [-0.2, 0) is 33.4 Å². The highest BCUT2D eigenvalue weighted by Gasteiger charge is 2.23. The number of anilines is 1. The van der Waals surface area contributed by atoms with E-state index in [-0.39, 0.29) is 24.7 Å². The Kier molecular flexibility index (Phi) is 6.71. The van der Waals surface area contributed by atoms with Gasteiger partial charge in [0.2, 0.25) is 5.91 Å². The van der Waals surface area contributed by atoms with Gasteiger partial charge in [-0.2, -0.15) is 0 Å². The van der Waals surface area contributed by atoms with Gasteiger partial charge in [0.15, 0.2) is 15.8 Å². The van der Waals surface area contributed by atoms with Crippen molar-refractivity contribution < 1.29 is 17.6 Å². The molecule has 1 aliphatic heterocycles. The summed E-state index contributed by atoms with van der Waals surface area (Å²) in [7, 11) is -1.69. The van der Waals surface area contributed by atoms with Crippen molar-refractivity contribution in [3.05, 3.63) is 65.0 Å². The van der Waals surface area contributed by atoms with Gasteiger partial charge >= 0.3 is 0 Å². The van der Waals surface area contributed by atoms with E-state index in [9.17, 15) is 17.6 Å². The number of aliphatic imine (C=N–C) groups is 1. The van der Waals surface area contributed by atoms with E-state index in [2.05, 4.69) is 15.6 Å². The van der Waals surface area contributed by atoms with Crippen LogP contribution in [0.1, 0.15) is 16.7 Å². The number of hydrogen-bond acceptors (Lipinski definition) is 4. The van der Waals surface area contributed by atoms with Crippen LogP contribution in [0.15, 0.2) is 47.5 Å². The Labute approximate surface area is 175 Å². The second-order valence-electron chi connectivity index (χ2n) is 7.19. The molecule has 1 amide bonds. The maximum Gasteiger partial charge on any atom is 0.246 e. The first kappa shape index (κ1) is 21.8. The molecular weight excluding hydrogens is 407 g/mol. The summed E-state index contributed by atoms with van der Waals surface area (Å²) in [5, 5.41) is 5.98. The zero-order valence-corrected chi connectivity index (χ0v) is 17.8. The highest BCUT2D eigenvalue weighted by Crippen LogP contribution is 2.27. The highest BCUT2D eigenvalue weighted by molar-refractivity contribution is 7.89. The zero-order chi connectivity index (χ0) is 21.7. The fourth-order valence-electron chi connectivity index (χ4n) is 3.43. The van der Waals surface area contributed by atoms with Crippen molar-refractivity contribution in [3.63, 3.8) is 0 Å². The molecule has 1 heterocycles. The summed E-state index contributed by atoms with van der Waals surface area (Å²) in [6.07, 6.45) is 1.97. The topological polar surface area (TPSA) is 90.9 Å². The number of nitrogens with zero attached hydrogens (tertiary/aromatic N) is 2. The van der Waals surface area contributed by atoms with Crippen molar-refractivity contribution in [2.24, 2.45) is 4.99 Å². The lowest BCUT2D eigenvalue weighted by molar-refractivity contribution is -0.117. The smallest absolute Gasteiger partial charge is 0.246 e. The van der Waals surface area contributed by atoms with Crippen LogP contribution in [0.25, 0.3) is 0 Å². The predicted molar refractivity (Wildman–Crippen MR) is 116 cm³/mol. The Morgan fingerprint density at radius 2 is 1.93 bits per heavy atom. The average Bonchev–Trinajstić information content (AvgIpc) is 3.13. The van der Waals surface area contributed by atoms with Crippen LogP contribution in [0.5, 0.6) is 0 Å². The molecule has 0 aliphatic carbocycles.